The SMILES string of the molecule is CCCCCC1c2cc(c(O)cc2O)C(CCCCC)c2cc(c(OC(=O)c3ccc(C)cc3)cc2OC(=O)c2ccc(C)cc2)C(CCCCC)c2cc(c(O)cc2O)C(CCCCC)c2cc1c(OC(=O)c1ccc(C)cc1)cc2OC(=O)c1ccc(C)cc1. The number of fused-ring (bicyclic) bond motifs is 8. The number of carbonyl (C=O) groups is 4. The molecule has 8 bridgehead atoms. The van der Waals surface area contributed by atoms with Gasteiger partial charge in [-0.3, -0.25) is 0 Å². The summed E-state index contributed by atoms with van der Waals surface area (Å²) in [5, 5.41) is 50.6. The number of ether oxygens (including phenoxy) is 4. The number of rotatable bonds is 24. The molecule has 12 heteroatoms. The van der Waals surface area contributed by atoms with Crippen LogP contribution in [0.25, 0.3) is 0 Å². The average molecular weight is 1240 g/mol. The van der Waals surface area contributed by atoms with Gasteiger partial charge in [0, 0.05) is 92.4 Å². The highest BCUT2D eigenvalue weighted by atomic mass is 16.6. The van der Waals surface area contributed by atoms with Gasteiger partial charge < -0.3 is 39.4 Å². The molecule has 1 aliphatic rings. The molecule has 1 aliphatic carbocycles. The molecule has 0 saturated heterocycles. The van der Waals surface area contributed by atoms with Crippen molar-refractivity contribution < 1.29 is 58.6 Å². The first-order chi connectivity index (χ1) is 44.4. The van der Waals surface area contributed by atoms with E-state index in [-0.39, 0.29) is 68.2 Å². The van der Waals surface area contributed by atoms with Crippen molar-refractivity contribution in [3.05, 3.63) is 235 Å². The van der Waals surface area contributed by atoms with Crippen molar-refractivity contribution in [3.8, 4) is 46.0 Å². The molecule has 92 heavy (non-hydrogen) atoms. The van der Waals surface area contributed by atoms with Gasteiger partial charge in [0.15, 0.2) is 0 Å². The van der Waals surface area contributed by atoms with Crippen molar-refractivity contribution in [1.29, 1.82) is 0 Å². The highest BCUT2D eigenvalue weighted by Crippen LogP contribution is 2.54. The van der Waals surface area contributed by atoms with E-state index in [1.807, 2.05) is 100 Å². The van der Waals surface area contributed by atoms with E-state index in [1.54, 1.807) is 60.7 Å². The second kappa shape index (κ2) is 31.2. The van der Waals surface area contributed by atoms with Gasteiger partial charge in [-0.25, -0.2) is 19.2 Å². The summed E-state index contributed by atoms with van der Waals surface area (Å²) in [5.41, 5.74) is 8.33. The summed E-state index contributed by atoms with van der Waals surface area (Å²) in [7, 11) is 0. The van der Waals surface area contributed by atoms with E-state index in [9.17, 15) is 39.6 Å². The molecule has 4 atom stereocenters. The van der Waals surface area contributed by atoms with Crippen LogP contribution in [0.4, 0.5) is 0 Å². The standard InChI is InChI=1S/C80H88O12/c1-9-13-17-21-57-61-41-62(70(82)45-69(61)81)58(22-18-14-10-2)67-44-68(76(92-80(88)56-39-31-52(8)32-40-56)48-75(67)91-79(87)55-37-29-51(7)30-38-55)60(24-20-16-12-4)64-42-63(71(83)46-72(64)84)59(23-19-15-11-3)66-43-65(57)73(89-77(85)53-33-25-49(5)26-34-53)47-74(66)90-78(86)54-35-27-50(6)28-36-54/h25-48,57-60,81-84H,9-24H2,1-8H3. The Hall–Kier alpha value is -9.16. The van der Waals surface area contributed by atoms with Crippen LogP contribution in [-0.2, 0) is 0 Å². The summed E-state index contributed by atoms with van der Waals surface area (Å²) in [5.74, 6) is -6.46. The maximum absolute atomic E-state index is 14.7. The summed E-state index contributed by atoms with van der Waals surface area (Å²) < 4.78 is 26.4. The maximum Gasteiger partial charge on any atom is 0.343 e. The van der Waals surface area contributed by atoms with Crippen molar-refractivity contribution in [2.24, 2.45) is 0 Å². The van der Waals surface area contributed by atoms with Gasteiger partial charge in [0.05, 0.1) is 22.3 Å². The summed E-state index contributed by atoms with van der Waals surface area (Å²) in [6.07, 6.45) is 10.8. The number of aryl methyl sites for hydroxylation is 4. The quantitative estimate of drug-likeness (QED) is 0.0255. The van der Waals surface area contributed by atoms with E-state index in [0.717, 1.165) is 73.6 Å². The molecule has 0 heterocycles. The maximum atomic E-state index is 14.7. The molecule has 0 spiro atoms. The Labute approximate surface area is 542 Å². The topological polar surface area (TPSA) is 186 Å². The number of phenolic OH excluding ortho intramolecular Hbond substituents is 4. The summed E-state index contributed by atoms with van der Waals surface area (Å²) in [4.78, 5) is 58.9. The van der Waals surface area contributed by atoms with E-state index in [0.29, 0.717) is 95.9 Å². The van der Waals surface area contributed by atoms with Gasteiger partial charge in [-0.2, -0.15) is 0 Å². The second-order valence-corrected chi connectivity index (χ2v) is 25.0. The fraction of sp³-hybridized carbons (Fsp3) is 0.350. The molecule has 0 radical (unpaired) electrons. The number of benzene rings is 8. The predicted molar refractivity (Wildman–Crippen MR) is 361 cm³/mol. The fourth-order valence-electron chi connectivity index (χ4n) is 12.7. The second-order valence-electron chi connectivity index (χ2n) is 25.0. The van der Waals surface area contributed by atoms with Crippen LogP contribution in [0.15, 0.2) is 146 Å². The summed E-state index contributed by atoms with van der Waals surface area (Å²) in [6, 6.07) is 41.3. The highest BCUT2D eigenvalue weighted by molar-refractivity contribution is 5.94. The van der Waals surface area contributed by atoms with Gasteiger partial charge >= 0.3 is 23.9 Å². The Morgan fingerprint density at radius 3 is 0.674 bits per heavy atom. The molecule has 4 N–H and O–H groups in total. The lowest BCUT2D eigenvalue weighted by molar-refractivity contribution is 0.0710. The Kier molecular flexibility index (Phi) is 22.8. The van der Waals surface area contributed by atoms with E-state index < -0.39 is 47.5 Å². The minimum Gasteiger partial charge on any atom is -0.508 e. The van der Waals surface area contributed by atoms with E-state index in [1.165, 1.54) is 12.1 Å². The van der Waals surface area contributed by atoms with Crippen LogP contribution in [-0.4, -0.2) is 44.3 Å². The van der Waals surface area contributed by atoms with E-state index >= 15 is 0 Å². The van der Waals surface area contributed by atoms with Crippen LogP contribution in [0, 0.1) is 27.7 Å². The van der Waals surface area contributed by atoms with Gasteiger partial charge in [0.25, 0.3) is 0 Å². The summed E-state index contributed by atoms with van der Waals surface area (Å²) in [6.45, 7) is 16.1. The van der Waals surface area contributed by atoms with Crippen LogP contribution >= 0.6 is 0 Å². The van der Waals surface area contributed by atoms with Gasteiger partial charge in [-0.1, -0.05) is 176 Å². The number of aromatic hydroxyl groups is 4. The third-order valence-electron chi connectivity index (χ3n) is 18.0. The van der Waals surface area contributed by atoms with Gasteiger partial charge in [0.1, 0.15) is 46.0 Å². The van der Waals surface area contributed by atoms with Crippen LogP contribution in [0.3, 0.4) is 0 Å². The lowest BCUT2D eigenvalue weighted by Gasteiger charge is -2.30. The van der Waals surface area contributed by atoms with Crippen LogP contribution in [0.2, 0.25) is 0 Å². The minimum absolute atomic E-state index is 0.0619. The third kappa shape index (κ3) is 16.1. The van der Waals surface area contributed by atoms with Gasteiger partial charge in [-0.15, -0.1) is 0 Å². The third-order valence-corrected chi connectivity index (χ3v) is 18.0. The molecule has 9 rings (SSSR count). The molecule has 12 nitrogen and oxygen atoms in total. The van der Waals surface area contributed by atoms with Crippen LogP contribution < -0.4 is 18.9 Å². The van der Waals surface area contributed by atoms with Crippen molar-refractivity contribution in [2.45, 2.75) is 182 Å². The van der Waals surface area contributed by atoms with Crippen LogP contribution in [0.1, 0.15) is 262 Å². The van der Waals surface area contributed by atoms with Gasteiger partial charge in [0.2, 0.25) is 0 Å². The molecule has 480 valence electrons. The average Bonchev–Trinajstić information content (AvgIpc) is 0.768. The number of carbonyl (C=O) groups excluding carboxylic acids is 4. The molecule has 0 amide bonds. The molecule has 0 aromatic heterocycles. The van der Waals surface area contributed by atoms with E-state index in [4.69, 9.17) is 18.9 Å². The normalized spacial score (nSPS) is 15.1. The molecule has 0 aliphatic heterocycles. The Morgan fingerprint density at radius 2 is 0.478 bits per heavy atom. The van der Waals surface area contributed by atoms with Crippen molar-refractivity contribution in [3.63, 3.8) is 0 Å². The number of hydrogen-bond donors (Lipinski definition) is 4. The first-order valence-electron chi connectivity index (χ1n) is 33.0. The Morgan fingerprint density at radius 1 is 0.283 bits per heavy atom. The number of unbranched alkanes of at least 4 members (excludes halogenated alkanes) is 8. The smallest absolute Gasteiger partial charge is 0.343 e. The van der Waals surface area contributed by atoms with Gasteiger partial charge in [-0.05, 0) is 126 Å². The number of hydrogen-bond acceptors (Lipinski definition) is 12. The molecule has 0 fully saturated rings. The largest absolute Gasteiger partial charge is 0.508 e. The Bertz CT molecular complexity index is 3390. The zero-order valence-electron chi connectivity index (χ0n) is 54.5. The fourth-order valence-corrected chi connectivity index (χ4v) is 12.7. The summed E-state index contributed by atoms with van der Waals surface area (Å²) >= 11 is 0. The zero-order chi connectivity index (χ0) is 65.6. The molecular weight excluding hydrogens is 1150 g/mol. The molecule has 8 aromatic carbocycles. The first kappa shape index (κ1) is 67.2. The first-order valence-corrected chi connectivity index (χ1v) is 33.0. The molecular formula is C80H88O12. The number of phenols is 4. The highest BCUT2D eigenvalue weighted by Gasteiger charge is 2.36. The van der Waals surface area contributed by atoms with Crippen molar-refractivity contribution in [2.75, 3.05) is 0 Å². The van der Waals surface area contributed by atoms with Crippen LogP contribution in [0.5, 0.6) is 46.0 Å². The molecule has 0 saturated carbocycles. The molecule has 8 aromatic rings. The zero-order valence-corrected chi connectivity index (χ0v) is 54.5. The molecule has 4 unspecified atom stereocenters. The predicted octanol–water partition coefficient (Wildman–Crippen LogP) is 19.8. The lowest BCUT2D eigenvalue weighted by Crippen LogP contribution is -2.18. The monoisotopic (exact) mass is 1240 g/mol. The Balaban J connectivity index is 1.44. The number of esters is 4. The minimum atomic E-state index is -0.771. The lowest BCUT2D eigenvalue weighted by atomic mass is 9.76. The van der Waals surface area contributed by atoms with Crippen molar-refractivity contribution in [1.82, 2.24) is 0 Å². The van der Waals surface area contributed by atoms with E-state index in [2.05, 4.69) is 27.7 Å². The van der Waals surface area contributed by atoms with Crippen molar-refractivity contribution >= 4 is 23.9 Å².